The van der Waals surface area contributed by atoms with Crippen molar-refractivity contribution >= 4 is 28.2 Å². The number of nitrogens with zero attached hydrogens (tertiary/aromatic N) is 2. The summed E-state index contributed by atoms with van der Waals surface area (Å²) in [4.78, 5) is 23.8. The molecule has 0 radical (unpaired) electrons. The summed E-state index contributed by atoms with van der Waals surface area (Å²) in [5, 5.41) is 22.3. The van der Waals surface area contributed by atoms with Crippen molar-refractivity contribution in [1.82, 2.24) is 4.90 Å². The van der Waals surface area contributed by atoms with E-state index in [0.29, 0.717) is 17.1 Å². The molecule has 6 nitrogen and oxygen atoms in total. The van der Waals surface area contributed by atoms with E-state index in [9.17, 15) is 9.59 Å². The molecule has 1 amide bonds. The lowest BCUT2D eigenvalue weighted by molar-refractivity contribution is -0.138. The summed E-state index contributed by atoms with van der Waals surface area (Å²) < 4.78 is 0. The molecule has 1 aromatic heterocycles. The molecule has 0 aromatic carbocycles. The predicted molar refractivity (Wildman–Crippen MR) is 71.9 cm³/mol. The average molecular weight is 279 g/mol. The van der Waals surface area contributed by atoms with Crippen molar-refractivity contribution in [3.8, 4) is 6.07 Å². The Balaban J connectivity index is 2.60. The van der Waals surface area contributed by atoms with Gasteiger partial charge in [0.25, 0.3) is 0 Å². The fourth-order valence-electron chi connectivity index (χ4n) is 1.42. The molecule has 7 heteroatoms. The highest BCUT2D eigenvalue weighted by molar-refractivity contribution is 7.14. The topological polar surface area (TPSA) is 93.4 Å². The van der Waals surface area contributed by atoms with Crippen LogP contribution < -0.4 is 5.32 Å². The quantitative estimate of drug-likeness (QED) is 0.730. The molecule has 0 fully saturated rings. The van der Waals surface area contributed by atoms with Crippen LogP contribution in [-0.2, 0) is 9.59 Å². The zero-order chi connectivity index (χ0) is 14.3. The molecule has 0 saturated heterocycles. The molecule has 0 aliphatic carbocycles. The summed E-state index contributed by atoms with van der Waals surface area (Å²) in [7, 11) is 0. The van der Waals surface area contributed by atoms with Crippen molar-refractivity contribution in [2.24, 2.45) is 0 Å². The summed E-state index contributed by atoms with van der Waals surface area (Å²) in [6.07, 6.45) is 1.53. The molecular formula is C12H13N3O3S. The fraction of sp³-hybridized carbons (Fsp3) is 0.250. The standard InChI is InChI=1S/C12H13N3O3S/c1-2-4-15(8-11(17)18)7-10(16)14-12-9(6-13)3-5-19-12/h2-3,5H,1,4,7-8H2,(H,14,16)(H,17,18). The van der Waals surface area contributed by atoms with E-state index in [1.54, 1.807) is 11.4 Å². The highest BCUT2D eigenvalue weighted by atomic mass is 32.1. The van der Waals surface area contributed by atoms with Gasteiger partial charge in [0, 0.05) is 6.54 Å². The van der Waals surface area contributed by atoms with Crippen LogP contribution in [0, 0.1) is 11.3 Å². The Morgan fingerprint density at radius 1 is 1.58 bits per heavy atom. The molecule has 0 aliphatic rings. The van der Waals surface area contributed by atoms with Gasteiger partial charge in [0.15, 0.2) is 0 Å². The van der Waals surface area contributed by atoms with Crippen molar-refractivity contribution in [2.75, 3.05) is 25.0 Å². The number of carbonyl (C=O) groups excluding carboxylic acids is 1. The number of hydrogen-bond acceptors (Lipinski definition) is 5. The normalized spacial score (nSPS) is 9.89. The van der Waals surface area contributed by atoms with E-state index in [0.717, 1.165) is 0 Å². The molecule has 1 aromatic rings. The molecule has 0 spiro atoms. The molecule has 0 aliphatic heterocycles. The lowest BCUT2D eigenvalue weighted by atomic mass is 10.3. The maximum atomic E-state index is 11.8. The van der Waals surface area contributed by atoms with Gasteiger partial charge in [0.05, 0.1) is 18.7 Å². The number of nitrogens with one attached hydrogen (secondary N) is 1. The second-order valence-corrected chi connectivity index (χ2v) is 4.59. The van der Waals surface area contributed by atoms with Crippen LogP contribution in [0.2, 0.25) is 0 Å². The van der Waals surface area contributed by atoms with Crippen LogP contribution in [0.25, 0.3) is 0 Å². The monoisotopic (exact) mass is 279 g/mol. The van der Waals surface area contributed by atoms with Crippen molar-refractivity contribution in [1.29, 1.82) is 5.26 Å². The summed E-state index contributed by atoms with van der Waals surface area (Å²) in [5.41, 5.74) is 0.395. The first-order valence-corrected chi connectivity index (χ1v) is 6.27. The molecular weight excluding hydrogens is 266 g/mol. The number of carboxylic acids is 1. The first-order chi connectivity index (χ1) is 9.06. The highest BCUT2D eigenvalue weighted by Crippen LogP contribution is 2.21. The highest BCUT2D eigenvalue weighted by Gasteiger charge is 2.14. The van der Waals surface area contributed by atoms with Crippen molar-refractivity contribution < 1.29 is 14.7 Å². The number of aliphatic carboxylic acids is 1. The van der Waals surface area contributed by atoms with Crippen LogP contribution in [0.5, 0.6) is 0 Å². The van der Waals surface area contributed by atoms with Crippen LogP contribution in [0.15, 0.2) is 24.1 Å². The van der Waals surface area contributed by atoms with Crippen LogP contribution >= 0.6 is 11.3 Å². The van der Waals surface area contributed by atoms with Gasteiger partial charge in [0.1, 0.15) is 11.1 Å². The van der Waals surface area contributed by atoms with Crippen molar-refractivity contribution in [2.45, 2.75) is 0 Å². The van der Waals surface area contributed by atoms with Gasteiger partial charge in [-0.15, -0.1) is 17.9 Å². The Kier molecular flexibility index (Phi) is 5.73. The third-order valence-electron chi connectivity index (χ3n) is 2.15. The molecule has 2 N–H and O–H groups in total. The lowest BCUT2D eigenvalue weighted by Gasteiger charge is -2.17. The van der Waals surface area contributed by atoms with Crippen LogP contribution in [0.1, 0.15) is 5.56 Å². The number of carboxylic acid groups (broad SMARTS) is 1. The molecule has 100 valence electrons. The minimum absolute atomic E-state index is 0.0684. The second kappa shape index (κ2) is 7.31. The third-order valence-corrected chi connectivity index (χ3v) is 2.98. The first kappa shape index (κ1) is 14.9. The van der Waals surface area contributed by atoms with Gasteiger partial charge in [-0.25, -0.2) is 0 Å². The average Bonchev–Trinajstić information content (AvgIpc) is 2.75. The van der Waals surface area contributed by atoms with Crippen LogP contribution in [0.3, 0.4) is 0 Å². The van der Waals surface area contributed by atoms with Gasteiger partial charge in [-0.05, 0) is 11.4 Å². The minimum atomic E-state index is -1.01. The van der Waals surface area contributed by atoms with Gasteiger partial charge >= 0.3 is 5.97 Å². The molecule has 1 rings (SSSR count). The maximum Gasteiger partial charge on any atom is 0.317 e. The maximum absolute atomic E-state index is 11.8. The van der Waals surface area contributed by atoms with E-state index < -0.39 is 5.97 Å². The van der Waals surface area contributed by atoms with Crippen LogP contribution in [-0.4, -0.2) is 41.5 Å². The van der Waals surface area contributed by atoms with Gasteiger partial charge in [-0.1, -0.05) is 6.08 Å². The predicted octanol–water partition coefficient (Wildman–Crippen LogP) is 1.13. The van der Waals surface area contributed by atoms with Crippen LogP contribution in [0.4, 0.5) is 5.00 Å². The summed E-state index contributed by atoms with van der Waals surface area (Å²) >= 11 is 1.25. The lowest BCUT2D eigenvalue weighted by Crippen LogP contribution is -2.36. The molecule has 0 atom stereocenters. The van der Waals surface area contributed by atoms with Crippen molar-refractivity contribution in [3.63, 3.8) is 0 Å². The molecule has 0 saturated carbocycles. The Hall–Kier alpha value is -2.17. The largest absolute Gasteiger partial charge is 0.480 e. The van der Waals surface area contributed by atoms with E-state index in [2.05, 4.69) is 11.9 Å². The zero-order valence-electron chi connectivity index (χ0n) is 10.1. The Morgan fingerprint density at radius 3 is 2.89 bits per heavy atom. The molecule has 19 heavy (non-hydrogen) atoms. The Bertz CT molecular complexity index is 519. The van der Waals surface area contributed by atoms with E-state index in [1.807, 2.05) is 6.07 Å². The number of rotatable bonds is 7. The number of thiophene rings is 1. The van der Waals surface area contributed by atoms with Gasteiger partial charge in [0.2, 0.25) is 5.91 Å². The number of amides is 1. The third kappa shape index (κ3) is 4.91. The SMILES string of the molecule is C=CCN(CC(=O)O)CC(=O)Nc1sccc1C#N. The second-order valence-electron chi connectivity index (χ2n) is 3.68. The summed E-state index contributed by atoms with van der Waals surface area (Å²) in [6.45, 7) is 3.50. The molecule has 1 heterocycles. The number of anilines is 1. The minimum Gasteiger partial charge on any atom is -0.480 e. The van der Waals surface area contributed by atoms with Gasteiger partial charge in [-0.2, -0.15) is 5.26 Å². The number of hydrogen-bond donors (Lipinski definition) is 2. The van der Waals surface area contributed by atoms with E-state index in [4.69, 9.17) is 10.4 Å². The smallest absolute Gasteiger partial charge is 0.317 e. The summed E-state index contributed by atoms with van der Waals surface area (Å²) in [6, 6.07) is 3.57. The Labute approximate surface area is 114 Å². The van der Waals surface area contributed by atoms with E-state index >= 15 is 0 Å². The first-order valence-electron chi connectivity index (χ1n) is 5.39. The van der Waals surface area contributed by atoms with Crippen molar-refractivity contribution in [3.05, 3.63) is 29.7 Å². The fourth-order valence-corrected chi connectivity index (χ4v) is 2.18. The zero-order valence-corrected chi connectivity index (χ0v) is 10.9. The molecule has 0 unspecified atom stereocenters. The number of carbonyl (C=O) groups is 2. The van der Waals surface area contributed by atoms with Gasteiger partial charge in [-0.3, -0.25) is 14.5 Å². The summed E-state index contributed by atoms with van der Waals surface area (Å²) in [5.74, 6) is -1.37. The Morgan fingerprint density at radius 2 is 2.32 bits per heavy atom. The number of nitriles is 1. The molecule has 0 bridgehead atoms. The van der Waals surface area contributed by atoms with E-state index in [1.165, 1.54) is 22.3 Å². The van der Waals surface area contributed by atoms with E-state index in [-0.39, 0.29) is 19.0 Å². The van der Waals surface area contributed by atoms with Gasteiger partial charge < -0.3 is 10.4 Å².